The van der Waals surface area contributed by atoms with E-state index in [2.05, 4.69) is 16.0 Å². The lowest BCUT2D eigenvalue weighted by Gasteiger charge is -2.24. The van der Waals surface area contributed by atoms with Crippen LogP contribution in [0.15, 0.2) is 30.3 Å². The fourth-order valence-electron chi connectivity index (χ4n) is 2.76. The van der Waals surface area contributed by atoms with E-state index >= 15 is 0 Å². The molecule has 12 heteroatoms. The number of rotatable bonds is 14. The number of thioether (sulfide) groups is 1. The van der Waals surface area contributed by atoms with Crippen molar-refractivity contribution < 1.29 is 29.1 Å². The molecule has 0 aliphatic rings. The van der Waals surface area contributed by atoms with E-state index in [1.54, 1.807) is 30.3 Å². The Hall–Kier alpha value is -3.12. The molecule has 0 aromatic heterocycles. The second-order valence-corrected chi connectivity index (χ2v) is 7.91. The summed E-state index contributed by atoms with van der Waals surface area (Å²) in [7, 11) is 0. The van der Waals surface area contributed by atoms with Gasteiger partial charge in [-0.15, -0.1) is 0 Å². The number of primary amides is 1. The van der Waals surface area contributed by atoms with Crippen LogP contribution >= 0.6 is 11.8 Å². The summed E-state index contributed by atoms with van der Waals surface area (Å²) >= 11 is 1.43. The fourth-order valence-corrected chi connectivity index (χ4v) is 3.23. The van der Waals surface area contributed by atoms with Crippen molar-refractivity contribution in [1.82, 2.24) is 16.0 Å². The highest BCUT2D eigenvalue weighted by atomic mass is 32.2. The van der Waals surface area contributed by atoms with E-state index in [9.17, 15) is 29.1 Å². The number of hydrogen-bond donors (Lipinski definition) is 6. The number of carbonyl (C=O) groups excluding carboxylic acids is 4. The van der Waals surface area contributed by atoms with Gasteiger partial charge in [-0.3, -0.25) is 19.2 Å². The molecule has 4 amide bonds. The molecule has 0 aliphatic heterocycles. The predicted molar refractivity (Wildman–Crippen MR) is 119 cm³/mol. The van der Waals surface area contributed by atoms with Gasteiger partial charge in [-0.2, -0.15) is 11.8 Å². The summed E-state index contributed by atoms with van der Waals surface area (Å²) in [6, 6.07) is 5.14. The first-order valence-corrected chi connectivity index (χ1v) is 11.2. The lowest BCUT2D eigenvalue weighted by atomic mass is 10.0. The summed E-state index contributed by atoms with van der Waals surface area (Å²) in [5.41, 5.74) is 11.1. The molecule has 176 valence electrons. The van der Waals surface area contributed by atoms with E-state index in [0.717, 1.165) is 0 Å². The van der Waals surface area contributed by atoms with Crippen molar-refractivity contribution in [2.75, 3.05) is 18.6 Å². The Morgan fingerprint density at radius 1 is 0.969 bits per heavy atom. The van der Waals surface area contributed by atoms with Gasteiger partial charge in [-0.25, -0.2) is 4.79 Å². The lowest BCUT2D eigenvalue weighted by Crippen LogP contribution is -2.57. The van der Waals surface area contributed by atoms with E-state index in [4.69, 9.17) is 11.5 Å². The molecule has 1 rings (SSSR count). The Balaban J connectivity index is 3.06. The highest BCUT2D eigenvalue weighted by Gasteiger charge is 2.30. The zero-order valence-electron chi connectivity index (χ0n) is 17.7. The first-order chi connectivity index (χ1) is 15.2. The van der Waals surface area contributed by atoms with Gasteiger partial charge in [-0.1, -0.05) is 30.3 Å². The monoisotopic (exact) mass is 467 g/mol. The summed E-state index contributed by atoms with van der Waals surface area (Å²) in [5.74, 6) is -3.73. The number of hydrogen-bond acceptors (Lipinski definition) is 7. The molecular formula is C20H29N5O6S. The second-order valence-electron chi connectivity index (χ2n) is 6.93. The van der Waals surface area contributed by atoms with Crippen LogP contribution in [0.1, 0.15) is 18.4 Å². The quantitative estimate of drug-likeness (QED) is 0.187. The van der Waals surface area contributed by atoms with Gasteiger partial charge in [-0.05, 0) is 24.0 Å². The van der Waals surface area contributed by atoms with Gasteiger partial charge in [0.2, 0.25) is 23.6 Å². The van der Waals surface area contributed by atoms with Crippen molar-refractivity contribution >= 4 is 41.4 Å². The van der Waals surface area contributed by atoms with Gasteiger partial charge in [0, 0.05) is 6.42 Å². The number of nitrogens with one attached hydrogen (secondary N) is 3. The lowest BCUT2D eigenvalue weighted by molar-refractivity contribution is -0.142. The SMILES string of the molecule is CSCCC(NC(=O)C(Cc1ccccc1)NC(=O)C(CC(N)=O)NC(=O)CN)C(=O)O. The molecule has 0 saturated carbocycles. The number of benzene rings is 1. The average molecular weight is 468 g/mol. The van der Waals surface area contributed by atoms with Crippen molar-refractivity contribution in [3.8, 4) is 0 Å². The molecule has 11 nitrogen and oxygen atoms in total. The van der Waals surface area contributed by atoms with Crippen molar-refractivity contribution in [1.29, 1.82) is 0 Å². The molecule has 0 aliphatic carbocycles. The predicted octanol–water partition coefficient (Wildman–Crippen LogP) is -1.64. The molecule has 0 saturated heterocycles. The summed E-state index contributed by atoms with van der Waals surface area (Å²) in [5, 5.41) is 16.6. The number of carboxylic acid groups (broad SMARTS) is 1. The van der Waals surface area contributed by atoms with Gasteiger partial charge in [0.05, 0.1) is 13.0 Å². The molecule has 0 bridgehead atoms. The van der Waals surface area contributed by atoms with E-state index in [0.29, 0.717) is 11.3 Å². The van der Waals surface area contributed by atoms with Crippen molar-refractivity contribution in [3.63, 3.8) is 0 Å². The maximum absolute atomic E-state index is 12.9. The van der Waals surface area contributed by atoms with Gasteiger partial charge in [0.1, 0.15) is 18.1 Å². The van der Waals surface area contributed by atoms with Crippen LogP contribution in [0, 0.1) is 0 Å². The van der Waals surface area contributed by atoms with Crippen LogP contribution in [-0.4, -0.2) is 71.4 Å². The summed E-state index contributed by atoms with van der Waals surface area (Å²) in [4.78, 5) is 60.1. The van der Waals surface area contributed by atoms with E-state index in [1.807, 2.05) is 6.26 Å². The zero-order chi connectivity index (χ0) is 24.1. The molecule has 0 fully saturated rings. The summed E-state index contributed by atoms with van der Waals surface area (Å²) < 4.78 is 0. The molecule has 0 radical (unpaired) electrons. The second kappa shape index (κ2) is 14.0. The molecule has 8 N–H and O–H groups in total. The third-order valence-electron chi connectivity index (χ3n) is 4.38. The van der Waals surface area contributed by atoms with Crippen molar-refractivity contribution in [2.45, 2.75) is 37.4 Å². The van der Waals surface area contributed by atoms with Crippen LogP contribution in [0.4, 0.5) is 0 Å². The van der Waals surface area contributed by atoms with Crippen molar-refractivity contribution in [2.24, 2.45) is 11.5 Å². The van der Waals surface area contributed by atoms with Crippen molar-refractivity contribution in [3.05, 3.63) is 35.9 Å². The number of carbonyl (C=O) groups is 5. The standard InChI is InChI=1S/C20H29N5O6S/c1-32-8-7-13(20(30)31)24-18(28)14(9-12-5-3-2-4-6-12)25-19(29)15(10-16(22)26)23-17(27)11-21/h2-6,13-15H,7-11,21H2,1H3,(H2,22,26)(H,23,27)(H,24,28)(H,25,29)(H,30,31). The van der Waals surface area contributed by atoms with Crippen LogP contribution in [0.2, 0.25) is 0 Å². The Morgan fingerprint density at radius 3 is 2.09 bits per heavy atom. The van der Waals surface area contributed by atoms with Gasteiger partial charge < -0.3 is 32.5 Å². The molecule has 0 spiro atoms. The minimum absolute atomic E-state index is 0.0570. The Kier molecular flexibility index (Phi) is 11.8. The average Bonchev–Trinajstić information content (AvgIpc) is 2.75. The number of nitrogens with two attached hydrogens (primary N) is 2. The third-order valence-corrected chi connectivity index (χ3v) is 5.03. The Bertz CT molecular complexity index is 807. The van der Waals surface area contributed by atoms with Crippen LogP contribution in [0.3, 0.4) is 0 Å². The number of aliphatic carboxylic acids is 1. The highest BCUT2D eigenvalue weighted by Crippen LogP contribution is 2.07. The maximum Gasteiger partial charge on any atom is 0.326 e. The molecule has 32 heavy (non-hydrogen) atoms. The first kappa shape index (κ1) is 26.9. The molecule has 3 atom stereocenters. The Labute approximate surface area is 190 Å². The van der Waals surface area contributed by atoms with Gasteiger partial charge in [0.25, 0.3) is 0 Å². The van der Waals surface area contributed by atoms with Crippen LogP contribution in [0.25, 0.3) is 0 Å². The molecule has 1 aromatic rings. The largest absolute Gasteiger partial charge is 0.480 e. The minimum Gasteiger partial charge on any atom is -0.480 e. The maximum atomic E-state index is 12.9. The normalized spacial score (nSPS) is 13.3. The molecule has 0 heterocycles. The van der Waals surface area contributed by atoms with Crippen LogP contribution in [0.5, 0.6) is 0 Å². The Morgan fingerprint density at radius 2 is 1.56 bits per heavy atom. The van der Waals surface area contributed by atoms with Gasteiger partial charge in [0.15, 0.2) is 0 Å². The van der Waals surface area contributed by atoms with E-state index in [-0.39, 0.29) is 12.8 Å². The van der Waals surface area contributed by atoms with E-state index in [1.165, 1.54) is 11.8 Å². The smallest absolute Gasteiger partial charge is 0.326 e. The molecule has 3 unspecified atom stereocenters. The zero-order valence-corrected chi connectivity index (χ0v) is 18.5. The summed E-state index contributed by atoms with van der Waals surface area (Å²) in [6.07, 6.45) is 1.57. The highest BCUT2D eigenvalue weighted by molar-refractivity contribution is 7.98. The first-order valence-electron chi connectivity index (χ1n) is 9.82. The van der Waals surface area contributed by atoms with E-state index < -0.39 is 60.7 Å². The topological polar surface area (TPSA) is 194 Å². The number of carboxylic acids is 1. The summed E-state index contributed by atoms with van der Waals surface area (Å²) in [6.45, 7) is -0.411. The number of amides is 4. The molecule has 1 aromatic carbocycles. The van der Waals surface area contributed by atoms with Gasteiger partial charge >= 0.3 is 5.97 Å². The fraction of sp³-hybridized carbons (Fsp3) is 0.450. The molecular weight excluding hydrogens is 438 g/mol. The van der Waals surface area contributed by atoms with Crippen LogP contribution in [-0.2, 0) is 30.4 Å². The minimum atomic E-state index is -1.33. The van der Waals surface area contributed by atoms with Crippen LogP contribution < -0.4 is 27.4 Å². The third kappa shape index (κ3) is 9.79.